The Morgan fingerprint density at radius 1 is 1.33 bits per heavy atom. The highest BCUT2D eigenvalue weighted by Gasteiger charge is 2.18. The van der Waals surface area contributed by atoms with Crippen LogP contribution in [-0.4, -0.2) is 26.4 Å². The number of nitrogens with zero attached hydrogens (tertiary/aromatic N) is 3. The first-order valence-electron chi connectivity index (χ1n) is 7.65. The van der Waals surface area contributed by atoms with E-state index in [0.29, 0.717) is 34.0 Å². The van der Waals surface area contributed by atoms with Crippen molar-refractivity contribution in [3.63, 3.8) is 0 Å². The van der Waals surface area contributed by atoms with Gasteiger partial charge in [0.15, 0.2) is 15.6 Å². The number of halogens is 3. The molecule has 1 amide bonds. The lowest BCUT2D eigenvalue weighted by atomic mass is 10.3. The van der Waals surface area contributed by atoms with E-state index < -0.39 is 17.5 Å². The van der Waals surface area contributed by atoms with Gasteiger partial charge in [0.05, 0.1) is 11.4 Å². The Morgan fingerprint density at radius 3 is 2.81 bits per heavy atom. The maximum atomic E-state index is 13.6. The topological polar surface area (TPSA) is 73.0 Å². The van der Waals surface area contributed by atoms with Crippen molar-refractivity contribution in [1.82, 2.24) is 14.8 Å². The molecule has 27 heavy (non-hydrogen) atoms. The van der Waals surface area contributed by atoms with Gasteiger partial charge in [-0.1, -0.05) is 17.8 Å². The number of amides is 1. The van der Waals surface area contributed by atoms with Crippen molar-refractivity contribution in [2.75, 3.05) is 11.1 Å². The van der Waals surface area contributed by atoms with E-state index in [1.807, 2.05) is 0 Å². The number of hydrogen-bond acceptors (Lipinski definition) is 5. The highest BCUT2D eigenvalue weighted by Crippen LogP contribution is 2.27. The van der Waals surface area contributed by atoms with E-state index in [9.17, 15) is 13.6 Å². The van der Waals surface area contributed by atoms with E-state index >= 15 is 0 Å². The smallest absolute Gasteiger partial charge is 0.234 e. The van der Waals surface area contributed by atoms with Crippen LogP contribution >= 0.6 is 27.7 Å². The van der Waals surface area contributed by atoms with Gasteiger partial charge in [-0.25, -0.2) is 8.78 Å². The third-order valence-electron chi connectivity index (χ3n) is 3.36. The van der Waals surface area contributed by atoms with Gasteiger partial charge >= 0.3 is 0 Å². The first-order valence-corrected chi connectivity index (χ1v) is 9.43. The molecule has 0 aliphatic carbocycles. The molecule has 3 aromatic rings. The van der Waals surface area contributed by atoms with Crippen molar-refractivity contribution in [2.45, 2.75) is 11.7 Å². The summed E-state index contributed by atoms with van der Waals surface area (Å²) < 4.78 is 34.3. The summed E-state index contributed by atoms with van der Waals surface area (Å²) in [5, 5.41) is 11.1. The Balaban J connectivity index is 1.71. The van der Waals surface area contributed by atoms with Crippen LogP contribution in [0.2, 0.25) is 0 Å². The zero-order valence-electron chi connectivity index (χ0n) is 13.8. The van der Waals surface area contributed by atoms with Crippen molar-refractivity contribution in [3.05, 3.63) is 59.3 Å². The third-order valence-corrected chi connectivity index (χ3v) is 4.75. The molecule has 2 aromatic heterocycles. The monoisotopic (exact) mass is 454 g/mol. The normalized spacial score (nSPS) is 10.8. The van der Waals surface area contributed by atoms with Crippen molar-refractivity contribution < 1.29 is 18.0 Å². The van der Waals surface area contributed by atoms with Crippen LogP contribution in [0.4, 0.5) is 14.5 Å². The number of allylic oxidation sites excluding steroid dienone is 1. The Kier molecular flexibility index (Phi) is 6.07. The summed E-state index contributed by atoms with van der Waals surface area (Å²) in [6.45, 7) is 4.12. The number of rotatable bonds is 7. The summed E-state index contributed by atoms with van der Waals surface area (Å²) in [6.07, 6.45) is 1.67. The standard InChI is InChI=1S/C17H13BrF2N4O2S/c1-2-7-24-16(13-5-6-14(18)26-13)22-23-17(24)27-9-15(25)21-12-4-3-10(19)8-11(12)20/h2-6,8H,1,7,9H2,(H,21,25). The van der Waals surface area contributed by atoms with Gasteiger partial charge in [-0.3, -0.25) is 9.36 Å². The maximum Gasteiger partial charge on any atom is 0.234 e. The van der Waals surface area contributed by atoms with Crippen molar-refractivity contribution >= 4 is 39.3 Å². The fraction of sp³-hybridized carbons (Fsp3) is 0.118. The van der Waals surface area contributed by atoms with Crippen molar-refractivity contribution in [3.8, 4) is 11.6 Å². The molecule has 0 aliphatic heterocycles. The zero-order chi connectivity index (χ0) is 19.4. The Hall–Kier alpha value is -2.46. The highest BCUT2D eigenvalue weighted by molar-refractivity contribution is 9.10. The van der Waals surface area contributed by atoms with Crippen molar-refractivity contribution in [2.24, 2.45) is 0 Å². The molecule has 3 rings (SSSR count). The summed E-state index contributed by atoms with van der Waals surface area (Å²) >= 11 is 4.36. The van der Waals surface area contributed by atoms with Gasteiger partial charge in [0.2, 0.25) is 11.7 Å². The first-order chi connectivity index (χ1) is 13.0. The van der Waals surface area contributed by atoms with Crippen LogP contribution in [0.1, 0.15) is 0 Å². The first kappa shape index (κ1) is 19.3. The average Bonchev–Trinajstić information content (AvgIpc) is 3.22. The summed E-state index contributed by atoms with van der Waals surface area (Å²) in [5.41, 5.74) is -0.0873. The molecular formula is C17H13BrF2N4O2S. The van der Waals surface area contributed by atoms with Gasteiger partial charge in [0.1, 0.15) is 11.6 Å². The number of nitrogens with one attached hydrogen (secondary N) is 1. The van der Waals surface area contributed by atoms with Gasteiger partial charge in [-0.15, -0.1) is 16.8 Å². The number of carbonyl (C=O) groups excluding carboxylic acids is 1. The number of benzene rings is 1. The SMILES string of the molecule is C=CCn1c(SCC(=O)Nc2ccc(F)cc2F)nnc1-c1ccc(Br)o1. The zero-order valence-corrected chi connectivity index (χ0v) is 16.2. The molecule has 1 aromatic carbocycles. The van der Waals surface area contributed by atoms with Gasteiger partial charge in [0, 0.05) is 12.6 Å². The molecular weight excluding hydrogens is 442 g/mol. The van der Waals surface area contributed by atoms with Crippen LogP contribution < -0.4 is 5.32 Å². The molecule has 140 valence electrons. The molecule has 1 N–H and O–H groups in total. The van der Waals surface area contributed by atoms with E-state index in [1.165, 1.54) is 6.07 Å². The Labute approximate surface area is 165 Å². The van der Waals surface area contributed by atoms with Crippen molar-refractivity contribution in [1.29, 1.82) is 0 Å². The van der Waals surface area contributed by atoms with Crippen LogP contribution in [-0.2, 0) is 11.3 Å². The minimum atomic E-state index is -0.839. The van der Waals surface area contributed by atoms with Crippen LogP contribution in [0.15, 0.2) is 57.2 Å². The molecule has 6 nitrogen and oxygen atoms in total. The minimum absolute atomic E-state index is 0.0338. The van der Waals surface area contributed by atoms with E-state index in [-0.39, 0.29) is 11.4 Å². The highest BCUT2D eigenvalue weighted by atomic mass is 79.9. The van der Waals surface area contributed by atoms with Gasteiger partial charge < -0.3 is 9.73 Å². The number of thioether (sulfide) groups is 1. The number of furan rings is 1. The van der Waals surface area contributed by atoms with E-state index in [4.69, 9.17) is 4.42 Å². The maximum absolute atomic E-state index is 13.6. The van der Waals surface area contributed by atoms with E-state index in [2.05, 4.69) is 38.0 Å². The second-order valence-electron chi connectivity index (χ2n) is 5.27. The number of anilines is 1. The molecule has 0 radical (unpaired) electrons. The molecule has 0 bridgehead atoms. The minimum Gasteiger partial charge on any atom is -0.446 e. The van der Waals surface area contributed by atoms with Crippen LogP contribution in [0.25, 0.3) is 11.6 Å². The molecule has 0 aliphatic rings. The van der Waals surface area contributed by atoms with Crippen LogP contribution in [0.5, 0.6) is 0 Å². The second-order valence-corrected chi connectivity index (χ2v) is 6.99. The van der Waals surface area contributed by atoms with Crippen LogP contribution in [0, 0.1) is 11.6 Å². The lowest BCUT2D eigenvalue weighted by molar-refractivity contribution is -0.113. The Morgan fingerprint density at radius 2 is 2.15 bits per heavy atom. The lowest BCUT2D eigenvalue weighted by Gasteiger charge is -2.08. The van der Waals surface area contributed by atoms with E-state index in [1.54, 1.807) is 22.8 Å². The van der Waals surface area contributed by atoms with E-state index in [0.717, 1.165) is 17.8 Å². The third kappa shape index (κ3) is 4.64. The largest absolute Gasteiger partial charge is 0.446 e. The molecule has 0 unspecified atom stereocenters. The predicted molar refractivity (Wildman–Crippen MR) is 101 cm³/mol. The number of carbonyl (C=O) groups is 1. The average molecular weight is 455 g/mol. The summed E-state index contributed by atoms with van der Waals surface area (Å²) in [4.78, 5) is 12.1. The van der Waals surface area contributed by atoms with Gasteiger partial charge in [0.25, 0.3) is 0 Å². The molecule has 0 atom stereocenters. The summed E-state index contributed by atoms with van der Waals surface area (Å²) in [6, 6.07) is 6.42. The fourth-order valence-electron chi connectivity index (χ4n) is 2.21. The molecule has 0 spiro atoms. The fourth-order valence-corrected chi connectivity index (χ4v) is 3.27. The number of hydrogen-bond donors (Lipinski definition) is 1. The molecule has 0 fully saturated rings. The summed E-state index contributed by atoms with van der Waals surface area (Å²) in [7, 11) is 0. The predicted octanol–water partition coefficient (Wildman–Crippen LogP) is 4.50. The molecule has 10 heteroatoms. The van der Waals surface area contributed by atoms with Crippen LogP contribution in [0.3, 0.4) is 0 Å². The summed E-state index contributed by atoms with van der Waals surface area (Å²) in [5.74, 6) is -1.04. The Bertz CT molecular complexity index is 989. The second kappa shape index (κ2) is 8.49. The van der Waals surface area contributed by atoms with Gasteiger partial charge in [-0.05, 0) is 40.2 Å². The quantitative estimate of drug-likeness (QED) is 0.420. The number of aromatic nitrogens is 3. The van der Waals surface area contributed by atoms with Gasteiger partial charge in [-0.2, -0.15) is 0 Å². The lowest BCUT2D eigenvalue weighted by Crippen LogP contribution is -2.15. The molecule has 0 saturated carbocycles. The molecule has 2 heterocycles. The molecule has 0 saturated heterocycles.